The Bertz CT molecular complexity index is 449. The number of hydrogen-bond donors (Lipinski definition) is 0. The lowest BCUT2D eigenvalue weighted by atomic mass is 9.79. The summed E-state index contributed by atoms with van der Waals surface area (Å²) in [5, 5.41) is 0. The standard InChI is InChI=1S/C17H26O2/c1-6-8-9-16-17(4,5)13-11-14(18-7-2)12(3)10-15(13)19-16/h10-11,16H,6-9H2,1-5H3. The van der Waals surface area contributed by atoms with Gasteiger partial charge in [-0.05, 0) is 38.0 Å². The van der Waals surface area contributed by atoms with Gasteiger partial charge in [0.15, 0.2) is 0 Å². The van der Waals surface area contributed by atoms with Crippen LogP contribution in [0.1, 0.15) is 58.1 Å². The highest BCUT2D eigenvalue weighted by Crippen LogP contribution is 2.46. The van der Waals surface area contributed by atoms with Crippen molar-refractivity contribution in [2.24, 2.45) is 0 Å². The van der Waals surface area contributed by atoms with Gasteiger partial charge in [-0.2, -0.15) is 0 Å². The van der Waals surface area contributed by atoms with E-state index >= 15 is 0 Å². The molecule has 0 amide bonds. The fraction of sp³-hybridized carbons (Fsp3) is 0.647. The van der Waals surface area contributed by atoms with E-state index in [0.717, 1.165) is 23.5 Å². The molecule has 0 radical (unpaired) electrons. The van der Waals surface area contributed by atoms with Crippen LogP contribution in [0, 0.1) is 6.92 Å². The molecule has 1 aromatic rings. The highest BCUT2D eigenvalue weighted by Gasteiger charge is 2.41. The Labute approximate surface area is 117 Å². The number of unbranched alkanes of at least 4 members (excludes halogenated alkanes) is 1. The molecule has 1 aliphatic rings. The zero-order valence-electron chi connectivity index (χ0n) is 12.9. The summed E-state index contributed by atoms with van der Waals surface area (Å²) in [6.07, 6.45) is 3.86. The van der Waals surface area contributed by atoms with E-state index in [1.165, 1.54) is 18.4 Å². The molecule has 0 spiro atoms. The zero-order valence-corrected chi connectivity index (χ0v) is 12.9. The summed E-state index contributed by atoms with van der Waals surface area (Å²) >= 11 is 0. The Morgan fingerprint density at radius 3 is 2.63 bits per heavy atom. The van der Waals surface area contributed by atoms with Crippen LogP contribution in [-0.4, -0.2) is 12.7 Å². The van der Waals surface area contributed by atoms with Gasteiger partial charge >= 0.3 is 0 Å². The van der Waals surface area contributed by atoms with Crippen LogP contribution in [0.25, 0.3) is 0 Å². The van der Waals surface area contributed by atoms with Crippen molar-refractivity contribution in [2.75, 3.05) is 6.61 Å². The Balaban J connectivity index is 2.31. The molecule has 1 aliphatic heterocycles. The molecule has 0 saturated carbocycles. The topological polar surface area (TPSA) is 18.5 Å². The predicted molar refractivity (Wildman–Crippen MR) is 79.3 cm³/mol. The van der Waals surface area contributed by atoms with Gasteiger partial charge in [0, 0.05) is 11.0 Å². The first-order valence-corrected chi connectivity index (χ1v) is 7.45. The second kappa shape index (κ2) is 5.44. The van der Waals surface area contributed by atoms with Crippen molar-refractivity contribution in [1.82, 2.24) is 0 Å². The minimum atomic E-state index is 0.0735. The van der Waals surface area contributed by atoms with Crippen LogP contribution < -0.4 is 9.47 Å². The van der Waals surface area contributed by atoms with Crippen molar-refractivity contribution in [3.05, 3.63) is 23.3 Å². The van der Waals surface area contributed by atoms with Crippen molar-refractivity contribution in [3.8, 4) is 11.5 Å². The first-order valence-electron chi connectivity index (χ1n) is 7.45. The van der Waals surface area contributed by atoms with Crippen LogP contribution in [0.4, 0.5) is 0 Å². The minimum absolute atomic E-state index is 0.0735. The lowest BCUT2D eigenvalue weighted by Crippen LogP contribution is -2.32. The fourth-order valence-corrected chi connectivity index (χ4v) is 2.86. The average molecular weight is 262 g/mol. The van der Waals surface area contributed by atoms with E-state index in [2.05, 4.69) is 39.8 Å². The third-order valence-electron chi connectivity index (χ3n) is 4.17. The van der Waals surface area contributed by atoms with E-state index in [0.29, 0.717) is 12.7 Å². The summed E-state index contributed by atoms with van der Waals surface area (Å²) < 4.78 is 11.9. The van der Waals surface area contributed by atoms with Gasteiger partial charge in [0.05, 0.1) is 6.61 Å². The maximum absolute atomic E-state index is 6.18. The van der Waals surface area contributed by atoms with Crippen LogP contribution in [0.2, 0.25) is 0 Å². The van der Waals surface area contributed by atoms with E-state index in [1.54, 1.807) is 0 Å². The Morgan fingerprint density at radius 2 is 2.00 bits per heavy atom. The summed E-state index contributed by atoms with van der Waals surface area (Å²) in [4.78, 5) is 0. The van der Waals surface area contributed by atoms with Gasteiger partial charge in [-0.25, -0.2) is 0 Å². The molecule has 0 saturated heterocycles. The molecule has 19 heavy (non-hydrogen) atoms. The highest BCUT2D eigenvalue weighted by atomic mass is 16.5. The summed E-state index contributed by atoms with van der Waals surface area (Å²) in [5.74, 6) is 2.04. The molecule has 0 aromatic heterocycles. The molecule has 1 aromatic carbocycles. The largest absolute Gasteiger partial charge is 0.494 e. The second-order valence-electron chi connectivity index (χ2n) is 6.02. The summed E-state index contributed by atoms with van der Waals surface area (Å²) in [5.41, 5.74) is 2.53. The average Bonchev–Trinajstić information content (AvgIpc) is 2.59. The van der Waals surface area contributed by atoms with Crippen molar-refractivity contribution in [2.45, 2.75) is 65.4 Å². The van der Waals surface area contributed by atoms with Gasteiger partial charge in [0.2, 0.25) is 0 Å². The molecular weight excluding hydrogens is 236 g/mol. The predicted octanol–water partition coefficient (Wildman–Crippen LogP) is 4.62. The molecule has 0 aliphatic carbocycles. The Hall–Kier alpha value is -1.18. The molecular formula is C17H26O2. The molecule has 0 fully saturated rings. The van der Waals surface area contributed by atoms with Crippen molar-refractivity contribution >= 4 is 0 Å². The molecule has 2 rings (SSSR count). The SMILES string of the molecule is CCCCC1Oc2cc(C)c(OCC)cc2C1(C)C. The van der Waals surface area contributed by atoms with Crippen LogP contribution in [0.15, 0.2) is 12.1 Å². The summed E-state index contributed by atoms with van der Waals surface area (Å²) in [7, 11) is 0. The van der Waals surface area contributed by atoms with Crippen molar-refractivity contribution in [3.63, 3.8) is 0 Å². The summed E-state index contributed by atoms with van der Waals surface area (Å²) in [6, 6.07) is 4.31. The normalized spacial score (nSPS) is 19.9. The number of benzene rings is 1. The van der Waals surface area contributed by atoms with Gasteiger partial charge in [-0.15, -0.1) is 0 Å². The number of aryl methyl sites for hydroxylation is 1. The van der Waals surface area contributed by atoms with Crippen LogP contribution in [0.5, 0.6) is 11.5 Å². The number of ether oxygens (including phenoxy) is 2. The third-order valence-corrected chi connectivity index (χ3v) is 4.17. The Morgan fingerprint density at radius 1 is 1.26 bits per heavy atom. The lowest BCUT2D eigenvalue weighted by Gasteiger charge is -2.26. The third kappa shape index (κ3) is 2.58. The lowest BCUT2D eigenvalue weighted by molar-refractivity contribution is 0.152. The molecule has 106 valence electrons. The van der Waals surface area contributed by atoms with Gasteiger partial charge in [-0.3, -0.25) is 0 Å². The first kappa shape index (κ1) is 14.2. The quantitative estimate of drug-likeness (QED) is 0.770. The maximum atomic E-state index is 6.18. The van der Waals surface area contributed by atoms with E-state index in [-0.39, 0.29) is 5.41 Å². The van der Waals surface area contributed by atoms with Gasteiger partial charge in [0.25, 0.3) is 0 Å². The van der Waals surface area contributed by atoms with Crippen molar-refractivity contribution < 1.29 is 9.47 Å². The molecule has 2 nitrogen and oxygen atoms in total. The molecule has 1 heterocycles. The monoisotopic (exact) mass is 262 g/mol. The fourth-order valence-electron chi connectivity index (χ4n) is 2.86. The van der Waals surface area contributed by atoms with Crippen molar-refractivity contribution in [1.29, 1.82) is 0 Å². The summed E-state index contributed by atoms with van der Waals surface area (Å²) in [6.45, 7) is 11.6. The van der Waals surface area contributed by atoms with Gasteiger partial charge < -0.3 is 9.47 Å². The minimum Gasteiger partial charge on any atom is -0.494 e. The van der Waals surface area contributed by atoms with E-state index < -0.39 is 0 Å². The number of hydrogen-bond acceptors (Lipinski definition) is 2. The van der Waals surface area contributed by atoms with Crippen LogP contribution >= 0.6 is 0 Å². The van der Waals surface area contributed by atoms with E-state index in [9.17, 15) is 0 Å². The highest BCUT2D eigenvalue weighted by molar-refractivity contribution is 5.52. The maximum Gasteiger partial charge on any atom is 0.124 e. The van der Waals surface area contributed by atoms with Gasteiger partial charge in [0.1, 0.15) is 17.6 Å². The molecule has 0 N–H and O–H groups in total. The molecule has 2 heteroatoms. The first-order chi connectivity index (χ1) is 9.00. The van der Waals surface area contributed by atoms with Crippen LogP contribution in [-0.2, 0) is 5.41 Å². The molecule has 1 unspecified atom stereocenters. The number of fused-ring (bicyclic) bond motifs is 1. The smallest absolute Gasteiger partial charge is 0.124 e. The molecule has 0 bridgehead atoms. The Kier molecular flexibility index (Phi) is 4.07. The zero-order chi connectivity index (χ0) is 14.0. The second-order valence-corrected chi connectivity index (χ2v) is 6.02. The van der Waals surface area contributed by atoms with Gasteiger partial charge in [-0.1, -0.05) is 33.6 Å². The van der Waals surface area contributed by atoms with E-state index in [1.807, 2.05) is 6.92 Å². The molecule has 1 atom stereocenters. The van der Waals surface area contributed by atoms with Crippen LogP contribution in [0.3, 0.4) is 0 Å². The number of rotatable bonds is 5. The van der Waals surface area contributed by atoms with E-state index in [4.69, 9.17) is 9.47 Å².